The average Bonchev–Trinajstić information content (AvgIpc) is 2.57. The van der Waals surface area contributed by atoms with Crippen molar-refractivity contribution < 1.29 is 14.3 Å². The molecule has 3 nitrogen and oxygen atoms in total. The molecule has 1 aliphatic rings. The summed E-state index contributed by atoms with van der Waals surface area (Å²) in [6.45, 7) is 8.78. The summed E-state index contributed by atoms with van der Waals surface area (Å²) < 4.78 is 4.69. The first-order valence-corrected chi connectivity index (χ1v) is 7.08. The molecule has 1 aliphatic heterocycles. The molecule has 1 fully saturated rings. The highest BCUT2D eigenvalue weighted by atomic mass is 16.6. The van der Waals surface area contributed by atoms with Gasteiger partial charge in [0.1, 0.15) is 0 Å². The van der Waals surface area contributed by atoms with Gasteiger partial charge >= 0.3 is 11.9 Å². The Balaban J connectivity index is 2.60. The number of hydrogen-bond acceptors (Lipinski definition) is 3. The van der Waals surface area contributed by atoms with E-state index in [1.165, 1.54) is 0 Å². The molecule has 0 N–H and O–H groups in total. The smallest absolute Gasteiger partial charge is 0.317 e. The fourth-order valence-corrected chi connectivity index (χ4v) is 2.48. The maximum Gasteiger partial charge on any atom is 0.317 e. The molecule has 0 spiro atoms. The van der Waals surface area contributed by atoms with Gasteiger partial charge in [-0.15, -0.1) is 0 Å². The molecular formula is C15H26O3. The minimum absolute atomic E-state index is 0.189. The third-order valence-electron chi connectivity index (χ3n) is 3.67. The van der Waals surface area contributed by atoms with E-state index in [0.29, 0.717) is 5.92 Å². The van der Waals surface area contributed by atoms with Gasteiger partial charge in [-0.25, -0.2) is 0 Å². The Morgan fingerprint density at radius 1 is 1.28 bits per heavy atom. The van der Waals surface area contributed by atoms with Crippen molar-refractivity contribution in [2.45, 2.75) is 66.2 Å². The van der Waals surface area contributed by atoms with Crippen LogP contribution in [0.3, 0.4) is 0 Å². The van der Waals surface area contributed by atoms with Crippen molar-refractivity contribution in [1.29, 1.82) is 0 Å². The fraction of sp³-hybridized carbons (Fsp3) is 0.867. The molecule has 1 rings (SSSR count). The molecule has 1 heterocycles. The lowest BCUT2D eigenvalue weighted by molar-refractivity contribution is -0.153. The number of esters is 2. The summed E-state index contributed by atoms with van der Waals surface area (Å²) >= 11 is 0. The zero-order valence-corrected chi connectivity index (χ0v) is 12.1. The van der Waals surface area contributed by atoms with E-state index in [-0.39, 0.29) is 29.7 Å². The lowest BCUT2D eigenvalue weighted by Crippen LogP contribution is -2.21. The molecule has 0 aromatic rings. The van der Waals surface area contributed by atoms with Crippen LogP contribution >= 0.6 is 0 Å². The molecule has 3 heteroatoms. The molecule has 0 bridgehead atoms. The zero-order chi connectivity index (χ0) is 13.8. The lowest BCUT2D eigenvalue weighted by Gasteiger charge is -2.25. The van der Waals surface area contributed by atoms with Crippen LogP contribution in [0.5, 0.6) is 0 Å². The minimum atomic E-state index is -0.345. The number of carbonyl (C=O) groups excluding carboxylic acids is 2. The Morgan fingerprint density at radius 2 is 1.94 bits per heavy atom. The van der Waals surface area contributed by atoms with Crippen LogP contribution in [0.25, 0.3) is 0 Å². The lowest BCUT2D eigenvalue weighted by atomic mass is 9.79. The number of hydrogen-bond donors (Lipinski definition) is 0. The maximum atomic E-state index is 11.7. The van der Waals surface area contributed by atoms with Gasteiger partial charge < -0.3 is 4.74 Å². The first kappa shape index (κ1) is 15.2. The molecule has 0 amide bonds. The second kappa shape index (κ2) is 6.35. The monoisotopic (exact) mass is 254 g/mol. The largest absolute Gasteiger partial charge is 0.393 e. The highest BCUT2D eigenvalue weighted by Crippen LogP contribution is 2.34. The van der Waals surface area contributed by atoms with E-state index >= 15 is 0 Å². The maximum absolute atomic E-state index is 11.7. The molecule has 1 saturated heterocycles. The zero-order valence-electron chi connectivity index (χ0n) is 12.1. The van der Waals surface area contributed by atoms with Crippen molar-refractivity contribution >= 4 is 11.9 Å². The molecule has 0 radical (unpaired) electrons. The first-order chi connectivity index (χ1) is 8.33. The Kier molecular flexibility index (Phi) is 5.36. The van der Waals surface area contributed by atoms with Crippen LogP contribution in [0, 0.1) is 17.3 Å². The van der Waals surface area contributed by atoms with Gasteiger partial charge in [-0.05, 0) is 30.6 Å². The van der Waals surface area contributed by atoms with Crippen LogP contribution in [-0.2, 0) is 14.3 Å². The number of rotatable bonds is 6. The van der Waals surface area contributed by atoms with Crippen LogP contribution in [0.15, 0.2) is 0 Å². The Hall–Kier alpha value is -0.860. The summed E-state index contributed by atoms with van der Waals surface area (Å²) in [6, 6.07) is 0. The van der Waals surface area contributed by atoms with Crippen LogP contribution < -0.4 is 0 Å². The van der Waals surface area contributed by atoms with Crippen molar-refractivity contribution in [2.75, 3.05) is 0 Å². The molecular weight excluding hydrogens is 228 g/mol. The van der Waals surface area contributed by atoms with Crippen molar-refractivity contribution in [3.05, 3.63) is 0 Å². The van der Waals surface area contributed by atoms with E-state index in [4.69, 9.17) is 0 Å². The topological polar surface area (TPSA) is 43.4 Å². The third kappa shape index (κ3) is 4.79. The standard InChI is InChI=1S/C15H26O3/c1-5-6-7-11(8-9-15(2,3)4)12-10-13(16)18-14(12)17/h11-12H,5-10H2,1-4H3. The average molecular weight is 254 g/mol. The molecule has 2 unspecified atom stereocenters. The summed E-state index contributed by atoms with van der Waals surface area (Å²) in [5.41, 5.74) is 0.275. The van der Waals surface area contributed by atoms with E-state index in [1.54, 1.807) is 0 Å². The van der Waals surface area contributed by atoms with E-state index in [9.17, 15) is 9.59 Å². The SMILES string of the molecule is CCCCC(CCC(C)(C)C)C1CC(=O)OC1=O. The number of unbranched alkanes of at least 4 members (excludes halogenated alkanes) is 1. The van der Waals surface area contributed by atoms with Gasteiger partial charge in [-0.2, -0.15) is 0 Å². The Labute approximate surface area is 110 Å². The minimum Gasteiger partial charge on any atom is -0.393 e. The molecule has 0 aromatic carbocycles. The van der Waals surface area contributed by atoms with E-state index in [0.717, 1.165) is 32.1 Å². The van der Waals surface area contributed by atoms with E-state index in [2.05, 4.69) is 32.4 Å². The summed E-state index contributed by atoms with van der Waals surface area (Å²) in [7, 11) is 0. The van der Waals surface area contributed by atoms with Gasteiger partial charge in [0.05, 0.1) is 12.3 Å². The van der Waals surface area contributed by atoms with Gasteiger partial charge in [0.2, 0.25) is 0 Å². The second-order valence-corrected chi connectivity index (χ2v) is 6.61. The molecule has 0 aromatic heterocycles. The summed E-state index contributed by atoms with van der Waals surface area (Å²) in [4.78, 5) is 22.9. The highest BCUT2D eigenvalue weighted by molar-refractivity contribution is 5.94. The second-order valence-electron chi connectivity index (χ2n) is 6.61. The molecule has 18 heavy (non-hydrogen) atoms. The normalized spacial score (nSPS) is 22.1. The predicted octanol–water partition coefficient (Wildman–Crippen LogP) is 3.71. The van der Waals surface area contributed by atoms with Crippen molar-refractivity contribution in [1.82, 2.24) is 0 Å². The van der Waals surface area contributed by atoms with Gasteiger partial charge in [-0.3, -0.25) is 9.59 Å². The summed E-state index contributed by atoms with van der Waals surface area (Å²) in [5, 5.41) is 0. The molecule has 2 atom stereocenters. The van der Waals surface area contributed by atoms with Crippen LogP contribution in [0.4, 0.5) is 0 Å². The Bertz CT molecular complexity index is 301. The number of cyclic esters (lactones) is 2. The van der Waals surface area contributed by atoms with Gasteiger partial charge in [0, 0.05) is 0 Å². The third-order valence-corrected chi connectivity index (χ3v) is 3.67. The number of ether oxygens (including phenoxy) is 1. The number of carbonyl (C=O) groups is 2. The molecule has 104 valence electrons. The predicted molar refractivity (Wildman–Crippen MR) is 70.9 cm³/mol. The van der Waals surface area contributed by atoms with Crippen LogP contribution in [-0.4, -0.2) is 11.9 Å². The summed E-state index contributed by atoms with van der Waals surface area (Å²) in [5.74, 6) is -0.521. The van der Waals surface area contributed by atoms with Gasteiger partial charge in [0.25, 0.3) is 0 Å². The molecule has 0 saturated carbocycles. The van der Waals surface area contributed by atoms with Gasteiger partial charge in [0.15, 0.2) is 0 Å². The van der Waals surface area contributed by atoms with Crippen molar-refractivity contribution in [2.24, 2.45) is 17.3 Å². The Morgan fingerprint density at radius 3 is 2.39 bits per heavy atom. The molecule has 0 aliphatic carbocycles. The highest BCUT2D eigenvalue weighted by Gasteiger charge is 2.38. The van der Waals surface area contributed by atoms with Crippen LogP contribution in [0.2, 0.25) is 0 Å². The van der Waals surface area contributed by atoms with Crippen molar-refractivity contribution in [3.63, 3.8) is 0 Å². The summed E-state index contributed by atoms with van der Waals surface area (Å²) in [6.07, 6.45) is 5.65. The first-order valence-electron chi connectivity index (χ1n) is 7.08. The fourth-order valence-electron chi connectivity index (χ4n) is 2.48. The van der Waals surface area contributed by atoms with Crippen molar-refractivity contribution in [3.8, 4) is 0 Å². The van der Waals surface area contributed by atoms with E-state index in [1.807, 2.05) is 0 Å². The van der Waals surface area contributed by atoms with Crippen LogP contribution in [0.1, 0.15) is 66.2 Å². The van der Waals surface area contributed by atoms with E-state index < -0.39 is 0 Å². The van der Waals surface area contributed by atoms with Gasteiger partial charge in [-0.1, -0.05) is 40.5 Å². The quantitative estimate of drug-likeness (QED) is 0.536.